The number of esters is 1. The summed E-state index contributed by atoms with van der Waals surface area (Å²) in [5, 5.41) is 25.7. The maximum Gasteiger partial charge on any atom is 0.306 e. The summed E-state index contributed by atoms with van der Waals surface area (Å²) in [6, 6.07) is 0. The van der Waals surface area contributed by atoms with Crippen LogP contribution in [0.25, 0.3) is 0 Å². The van der Waals surface area contributed by atoms with E-state index >= 15 is 0 Å². The molecule has 9 heteroatoms. The number of Topliss-reactive ketones (excluding diaryl/α,β-unsaturated/α-hetero) is 1. The van der Waals surface area contributed by atoms with Gasteiger partial charge in [0.05, 0.1) is 46.6 Å². The molecule has 0 aromatic carbocycles. The molecule has 66 heavy (non-hydrogen) atoms. The second kappa shape index (κ2) is 22.4. The summed E-state index contributed by atoms with van der Waals surface area (Å²) in [7, 11) is 0. The van der Waals surface area contributed by atoms with Gasteiger partial charge < -0.3 is 20.3 Å². The minimum atomic E-state index is -0.803. The van der Waals surface area contributed by atoms with E-state index in [9.17, 15) is 19.8 Å². The van der Waals surface area contributed by atoms with E-state index in [1.165, 1.54) is 50.5 Å². The number of fused-ring (bicyclic) bond motifs is 5. The van der Waals surface area contributed by atoms with Crippen LogP contribution in [0.4, 0.5) is 0 Å². The zero-order valence-electron chi connectivity index (χ0n) is 42.4. The fourth-order valence-electron chi connectivity index (χ4n) is 10.9. The van der Waals surface area contributed by atoms with Crippen molar-refractivity contribution in [2.45, 2.75) is 179 Å². The van der Waals surface area contributed by atoms with Crippen molar-refractivity contribution in [3.8, 4) is 0 Å². The molecule has 5 atom stereocenters. The number of nitrogens with zero attached hydrogens (tertiary/aromatic N) is 3. The molecule has 2 fully saturated rings. The maximum atomic E-state index is 14.1. The van der Waals surface area contributed by atoms with E-state index in [1.54, 1.807) is 6.92 Å². The predicted molar refractivity (Wildman–Crippen MR) is 271 cm³/mol. The van der Waals surface area contributed by atoms with Crippen molar-refractivity contribution in [2.24, 2.45) is 50.5 Å². The van der Waals surface area contributed by atoms with Crippen LogP contribution in [-0.2, 0) is 14.3 Å². The maximum absolute atomic E-state index is 14.1. The highest BCUT2D eigenvalue weighted by molar-refractivity contribution is 6.38. The summed E-state index contributed by atoms with van der Waals surface area (Å²) in [4.78, 5) is 43.0. The number of rotatable bonds is 21. The Morgan fingerprint density at radius 2 is 1.52 bits per heavy atom. The smallest absolute Gasteiger partial charge is 0.306 e. The molecule has 0 radical (unpaired) electrons. The predicted octanol–water partition coefficient (Wildman–Crippen LogP) is 13.3. The first kappa shape index (κ1) is 50.8. The van der Waals surface area contributed by atoms with Crippen LogP contribution in [0.3, 0.4) is 0 Å². The number of allylic oxidation sites excluding steroid dienone is 12. The standard InChI is InChI=1S/C57H80N4O5/c1-13-41-46-29-47-43(27-33(4)5)45(31-62)48(58-47)30-49-52(40(12)63)38(10)55(60-49)39(11)54-37(9)42(56(61-54)44-28-50(64)53(41)57(44)59-46)23-24-51(65)66-26-25-36(8)22-16-21-35(7)20-15-19-34(6)18-14-17-32(2)3/h25,29-35,37,40,42,61-63H,13-24,26-28H2,1-12H3/b36-25+,45-31-,46-29?,49-30?,54-39?,56-44?/t34-,35-,37+,40+,42?/m1/s1. The molecular formula is C57H80N4O5. The number of ketones is 1. The van der Waals surface area contributed by atoms with Gasteiger partial charge >= 0.3 is 5.97 Å². The van der Waals surface area contributed by atoms with E-state index in [1.807, 2.05) is 19.1 Å². The normalized spacial score (nSPS) is 22.8. The topological polar surface area (TPSA) is 133 Å². The van der Waals surface area contributed by atoms with Crippen LogP contribution in [0.2, 0.25) is 0 Å². The number of hydrogen-bond acceptors (Lipinski definition) is 9. The van der Waals surface area contributed by atoms with E-state index in [0.29, 0.717) is 64.5 Å². The third-order valence-electron chi connectivity index (χ3n) is 14.7. The average Bonchev–Trinajstić information content (AvgIpc) is 4.03. The molecule has 0 aromatic rings. The van der Waals surface area contributed by atoms with E-state index in [4.69, 9.17) is 19.7 Å². The van der Waals surface area contributed by atoms with Gasteiger partial charge in [0, 0.05) is 58.4 Å². The zero-order valence-corrected chi connectivity index (χ0v) is 42.4. The van der Waals surface area contributed by atoms with E-state index < -0.39 is 6.10 Å². The number of hydrogen-bond donors (Lipinski definition) is 3. The Kier molecular flexibility index (Phi) is 17.3. The van der Waals surface area contributed by atoms with Crippen molar-refractivity contribution in [3.63, 3.8) is 0 Å². The summed E-state index contributed by atoms with van der Waals surface area (Å²) in [6.45, 7) is 26.1. The van der Waals surface area contributed by atoms with Crippen molar-refractivity contribution in [1.29, 1.82) is 0 Å². The van der Waals surface area contributed by atoms with Crippen LogP contribution in [0.1, 0.15) is 173 Å². The van der Waals surface area contributed by atoms with Crippen molar-refractivity contribution in [1.82, 2.24) is 5.32 Å². The fourth-order valence-corrected chi connectivity index (χ4v) is 10.9. The van der Waals surface area contributed by atoms with E-state index in [-0.39, 0.29) is 49.0 Å². The van der Waals surface area contributed by atoms with Crippen LogP contribution in [0.15, 0.2) is 118 Å². The monoisotopic (exact) mass is 901 g/mol. The quantitative estimate of drug-likeness (QED) is 0.0597. The Bertz CT molecular complexity index is 2310. The van der Waals surface area contributed by atoms with Crippen molar-refractivity contribution in [3.05, 3.63) is 103 Å². The summed E-state index contributed by atoms with van der Waals surface area (Å²) >= 11 is 0. The van der Waals surface area contributed by atoms with E-state index in [0.717, 1.165) is 81.8 Å². The van der Waals surface area contributed by atoms with Gasteiger partial charge in [-0.05, 0) is 124 Å². The lowest BCUT2D eigenvalue weighted by atomic mass is 9.85. The van der Waals surface area contributed by atoms with Gasteiger partial charge in [0.2, 0.25) is 0 Å². The average molecular weight is 901 g/mol. The van der Waals surface area contributed by atoms with Crippen LogP contribution in [-0.4, -0.2) is 51.8 Å². The van der Waals surface area contributed by atoms with E-state index in [2.05, 4.69) is 80.6 Å². The fraction of sp³-hybridized carbons (Fsp3) is 0.596. The first-order chi connectivity index (χ1) is 31.4. The second-order valence-corrected chi connectivity index (χ2v) is 21.1. The van der Waals surface area contributed by atoms with Gasteiger partial charge in [-0.25, -0.2) is 15.0 Å². The third kappa shape index (κ3) is 11.5. The number of aliphatic hydroxyl groups is 2. The highest BCUT2D eigenvalue weighted by Gasteiger charge is 2.44. The molecule has 1 saturated heterocycles. The van der Waals surface area contributed by atoms with Crippen molar-refractivity contribution < 1.29 is 24.5 Å². The van der Waals surface area contributed by atoms with Gasteiger partial charge in [-0.3, -0.25) is 9.59 Å². The van der Waals surface area contributed by atoms with Gasteiger partial charge in [-0.2, -0.15) is 0 Å². The number of ether oxygens (including phenoxy) is 1. The minimum Gasteiger partial charge on any atom is -0.515 e. The molecule has 9 nitrogen and oxygen atoms in total. The molecule has 358 valence electrons. The SMILES string of the molecule is CCC1=C2C(=O)CC3=C4NC(=C(C)C5=NC(=CC6=NC(=C(CC(C)C)/C6=C/O)C=C1N=C32)C([C@H](C)O)=C5C)[C@@H](C)C4CCC(=O)OC/C=C(\C)CCC[C@H](C)CCC[C@H](C)CCCC(C)C. The van der Waals surface area contributed by atoms with Crippen LogP contribution in [0.5, 0.6) is 0 Å². The molecule has 1 unspecified atom stereocenters. The number of carbonyl (C=O) groups excluding carboxylic acids is 2. The molecular weight excluding hydrogens is 821 g/mol. The molecule has 1 aliphatic carbocycles. The first-order valence-electron chi connectivity index (χ1n) is 25.4. The Labute approximate surface area is 396 Å². The summed E-state index contributed by atoms with van der Waals surface area (Å²) in [5.74, 6) is 2.29. The molecule has 6 aliphatic rings. The Balaban J connectivity index is 1.21. The second-order valence-electron chi connectivity index (χ2n) is 21.1. The highest BCUT2D eigenvalue weighted by Crippen LogP contribution is 2.47. The van der Waals surface area contributed by atoms with Gasteiger partial charge in [-0.1, -0.05) is 106 Å². The lowest BCUT2D eigenvalue weighted by molar-refractivity contribution is -0.142. The lowest BCUT2D eigenvalue weighted by Crippen LogP contribution is -2.16. The molecule has 6 rings (SSSR count). The summed E-state index contributed by atoms with van der Waals surface area (Å²) < 4.78 is 5.83. The number of aliphatic hydroxyl groups excluding tert-OH is 2. The minimum absolute atomic E-state index is 0.0454. The molecule has 0 spiro atoms. The summed E-state index contributed by atoms with van der Waals surface area (Å²) in [6.07, 6.45) is 19.9. The molecule has 8 bridgehead atoms. The van der Waals surface area contributed by atoms with Gasteiger partial charge in [-0.15, -0.1) is 0 Å². The van der Waals surface area contributed by atoms with Crippen LogP contribution >= 0.6 is 0 Å². The molecule has 5 heterocycles. The molecule has 3 N–H and O–H groups in total. The van der Waals surface area contributed by atoms with Crippen LogP contribution in [0, 0.1) is 35.5 Å². The Morgan fingerprint density at radius 1 is 0.848 bits per heavy atom. The van der Waals surface area contributed by atoms with Gasteiger partial charge in [0.15, 0.2) is 5.78 Å². The number of carbonyl (C=O) groups is 2. The highest BCUT2D eigenvalue weighted by atomic mass is 16.5. The number of aliphatic imine (C=N–C) groups is 3. The largest absolute Gasteiger partial charge is 0.515 e. The summed E-state index contributed by atoms with van der Waals surface area (Å²) in [5.41, 5.74) is 13.7. The van der Waals surface area contributed by atoms with Crippen molar-refractivity contribution in [2.75, 3.05) is 6.61 Å². The Morgan fingerprint density at radius 3 is 2.15 bits per heavy atom. The number of nitrogens with one attached hydrogen (secondary N) is 1. The molecule has 0 amide bonds. The first-order valence-corrected chi connectivity index (χ1v) is 25.4. The molecule has 1 saturated carbocycles. The van der Waals surface area contributed by atoms with Gasteiger partial charge in [0.25, 0.3) is 0 Å². The van der Waals surface area contributed by atoms with Crippen molar-refractivity contribution >= 4 is 28.9 Å². The molecule has 5 aliphatic heterocycles. The third-order valence-corrected chi connectivity index (χ3v) is 14.7. The Hall–Kier alpha value is -4.63. The molecule has 0 aromatic heterocycles. The lowest BCUT2D eigenvalue weighted by Gasteiger charge is -2.17. The van der Waals surface area contributed by atoms with Crippen LogP contribution < -0.4 is 5.32 Å². The zero-order chi connectivity index (χ0) is 48.0. The van der Waals surface area contributed by atoms with Gasteiger partial charge in [0.1, 0.15) is 6.61 Å².